The molecule has 2 atom stereocenters. The van der Waals surface area contributed by atoms with Crippen LogP contribution in [0.4, 0.5) is 0 Å². The third kappa shape index (κ3) is 2.52. The van der Waals surface area contributed by atoms with Crippen LogP contribution < -0.4 is 4.74 Å². The van der Waals surface area contributed by atoms with Crippen LogP contribution in [0.5, 0.6) is 11.5 Å². The minimum atomic E-state index is -0.269. The van der Waals surface area contributed by atoms with Gasteiger partial charge in [-0.1, -0.05) is 30.3 Å². The van der Waals surface area contributed by atoms with E-state index in [9.17, 15) is 5.11 Å². The van der Waals surface area contributed by atoms with Crippen molar-refractivity contribution in [2.45, 2.75) is 18.7 Å². The van der Waals surface area contributed by atoms with Crippen molar-refractivity contribution in [1.82, 2.24) is 5.01 Å². The van der Waals surface area contributed by atoms with Gasteiger partial charge in [-0.3, -0.25) is 0 Å². The summed E-state index contributed by atoms with van der Waals surface area (Å²) in [5.74, 6) is 1.16. The highest BCUT2D eigenvalue weighted by Crippen LogP contribution is 2.48. The van der Waals surface area contributed by atoms with E-state index in [1.807, 2.05) is 41.4 Å². The maximum atomic E-state index is 10.3. The van der Waals surface area contributed by atoms with E-state index in [4.69, 9.17) is 9.84 Å². The molecule has 0 amide bonds. The summed E-state index contributed by atoms with van der Waals surface area (Å²) in [4.78, 5) is 1.10. The molecule has 0 aliphatic carbocycles. The van der Waals surface area contributed by atoms with Crippen LogP contribution in [-0.4, -0.2) is 15.8 Å². The van der Waals surface area contributed by atoms with Crippen molar-refractivity contribution in [1.29, 1.82) is 0 Å². The molecular weight excluding hydrogens is 412 g/mol. The number of phenols is 1. The predicted molar refractivity (Wildman–Crippen MR) is 106 cm³/mol. The number of thiophene rings is 1. The number of hydrogen-bond donors (Lipinski definition) is 1. The standard InChI is InChI=1S/C20H15BrN2O2S/c21-12-9-19(26-11-12)20-23-16(14-6-2-4-8-18(14)25-20)10-15(22-23)13-5-1-3-7-17(13)24/h1-9,11,16,20,24H,10H2/t16-,20+/m1/s1. The van der Waals surface area contributed by atoms with Crippen molar-refractivity contribution < 1.29 is 9.84 Å². The number of halogens is 1. The fourth-order valence-corrected chi connectivity index (χ4v) is 5.02. The van der Waals surface area contributed by atoms with E-state index >= 15 is 0 Å². The van der Waals surface area contributed by atoms with Crippen LogP contribution in [-0.2, 0) is 0 Å². The summed E-state index contributed by atoms with van der Waals surface area (Å²) < 4.78 is 7.35. The van der Waals surface area contributed by atoms with Crippen LogP contribution in [0, 0.1) is 0 Å². The van der Waals surface area contributed by atoms with Crippen molar-refractivity contribution >= 4 is 33.0 Å². The van der Waals surface area contributed by atoms with Gasteiger partial charge in [0.1, 0.15) is 11.5 Å². The van der Waals surface area contributed by atoms with Gasteiger partial charge in [0.25, 0.3) is 0 Å². The Balaban J connectivity index is 1.61. The van der Waals surface area contributed by atoms with Crippen molar-refractivity contribution in [3.8, 4) is 11.5 Å². The Labute approximate surface area is 163 Å². The second-order valence-electron chi connectivity index (χ2n) is 6.34. The summed E-state index contributed by atoms with van der Waals surface area (Å²) >= 11 is 5.18. The van der Waals surface area contributed by atoms with Gasteiger partial charge >= 0.3 is 0 Å². The highest BCUT2D eigenvalue weighted by molar-refractivity contribution is 9.10. The van der Waals surface area contributed by atoms with E-state index < -0.39 is 0 Å². The topological polar surface area (TPSA) is 45.1 Å². The second kappa shape index (κ2) is 6.14. The van der Waals surface area contributed by atoms with Crippen LogP contribution in [0.15, 0.2) is 69.6 Å². The molecule has 0 bridgehead atoms. The molecule has 4 nitrogen and oxygen atoms in total. The molecule has 0 fully saturated rings. The van der Waals surface area contributed by atoms with Gasteiger partial charge in [-0.15, -0.1) is 11.3 Å². The normalized spacial score (nSPS) is 21.0. The van der Waals surface area contributed by atoms with Gasteiger partial charge in [0.15, 0.2) is 0 Å². The first-order valence-corrected chi connectivity index (χ1v) is 10.0. The number of fused-ring (bicyclic) bond motifs is 3. The van der Waals surface area contributed by atoms with E-state index in [1.54, 1.807) is 17.4 Å². The first-order valence-electron chi connectivity index (χ1n) is 8.34. The number of benzene rings is 2. The molecule has 1 aromatic heterocycles. The second-order valence-corrected chi connectivity index (χ2v) is 8.20. The van der Waals surface area contributed by atoms with Crippen LogP contribution in [0.2, 0.25) is 0 Å². The molecule has 130 valence electrons. The number of aromatic hydroxyl groups is 1. The zero-order valence-electron chi connectivity index (χ0n) is 13.7. The zero-order valence-corrected chi connectivity index (χ0v) is 16.1. The van der Waals surface area contributed by atoms with E-state index in [0.29, 0.717) is 0 Å². The Morgan fingerprint density at radius 1 is 1.15 bits per heavy atom. The van der Waals surface area contributed by atoms with E-state index in [2.05, 4.69) is 33.4 Å². The lowest BCUT2D eigenvalue weighted by Gasteiger charge is -2.37. The first kappa shape index (κ1) is 15.9. The number of phenolic OH excluding ortho intramolecular Hbond substituents is 1. The summed E-state index contributed by atoms with van der Waals surface area (Å²) in [6.45, 7) is 0. The molecule has 26 heavy (non-hydrogen) atoms. The smallest absolute Gasteiger partial charge is 0.223 e. The minimum absolute atomic E-state index is 0.0976. The average Bonchev–Trinajstić information content (AvgIpc) is 3.28. The number of hydrogen-bond acceptors (Lipinski definition) is 5. The highest BCUT2D eigenvalue weighted by Gasteiger charge is 2.41. The summed E-state index contributed by atoms with van der Waals surface area (Å²) in [5, 5.41) is 19.2. The quantitative estimate of drug-likeness (QED) is 0.591. The Morgan fingerprint density at radius 2 is 1.96 bits per heavy atom. The summed E-state index contributed by atoms with van der Waals surface area (Å²) in [6.07, 6.45) is 0.468. The lowest BCUT2D eigenvalue weighted by molar-refractivity contribution is -0.0166. The molecule has 0 radical (unpaired) electrons. The fourth-order valence-electron chi connectivity index (χ4n) is 3.56. The third-order valence-corrected chi connectivity index (χ3v) is 6.47. The molecule has 1 N–H and O–H groups in total. The maximum absolute atomic E-state index is 10.3. The lowest BCUT2D eigenvalue weighted by atomic mass is 9.96. The first-order chi connectivity index (χ1) is 12.7. The van der Waals surface area contributed by atoms with Gasteiger partial charge in [0.2, 0.25) is 6.23 Å². The molecule has 0 unspecified atom stereocenters. The molecule has 2 aliphatic heterocycles. The molecule has 2 aromatic carbocycles. The summed E-state index contributed by atoms with van der Waals surface area (Å²) in [7, 11) is 0. The predicted octanol–water partition coefficient (Wildman–Crippen LogP) is 5.46. The van der Waals surface area contributed by atoms with Crippen LogP contribution in [0.1, 0.15) is 34.7 Å². The number of rotatable bonds is 2. The molecular formula is C20H15BrN2O2S. The molecule has 0 spiro atoms. The van der Waals surface area contributed by atoms with Crippen LogP contribution in [0.3, 0.4) is 0 Å². The molecule has 6 heteroatoms. The molecule has 3 aromatic rings. The van der Waals surface area contributed by atoms with Gasteiger partial charge in [-0.25, -0.2) is 5.01 Å². The highest BCUT2D eigenvalue weighted by atomic mass is 79.9. The molecule has 3 heterocycles. The number of ether oxygens (including phenoxy) is 1. The fraction of sp³-hybridized carbons (Fsp3) is 0.150. The minimum Gasteiger partial charge on any atom is -0.507 e. The van der Waals surface area contributed by atoms with Gasteiger partial charge < -0.3 is 9.84 Å². The van der Waals surface area contributed by atoms with Crippen molar-refractivity contribution in [3.05, 3.63) is 80.5 Å². The maximum Gasteiger partial charge on any atom is 0.223 e. The van der Waals surface area contributed by atoms with E-state index in [-0.39, 0.29) is 18.0 Å². The van der Waals surface area contributed by atoms with Crippen LogP contribution >= 0.6 is 27.3 Å². The largest absolute Gasteiger partial charge is 0.507 e. The molecule has 5 rings (SSSR count). The van der Waals surface area contributed by atoms with E-state index in [0.717, 1.165) is 38.4 Å². The Morgan fingerprint density at radius 3 is 2.77 bits per heavy atom. The Hall–Kier alpha value is -2.31. The van der Waals surface area contributed by atoms with Gasteiger partial charge in [-0.05, 0) is 40.2 Å². The Bertz CT molecular complexity index is 1020. The zero-order chi connectivity index (χ0) is 17.7. The molecule has 0 saturated heterocycles. The van der Waals surface area contributed by atoms with Crippen LogP contribution in [0.25, 0.3) is 0 Å². The number of para-hydroxylation sites is 2. The van der Waals surface area contributed by atoms with Crippen molar-refractivity contribution in [2.24, 2.45) is 5.10 Å². The average molecular weight is 427 g/mol. The SMILES string of the molecule is Oc1ccccc1C1=NN2[C@H](C1)c1ccccc1O[C@H]2c1cc(Br)cs1. The molecule has 2 aliphatic rings. The Kier molecular flexibility index (Phi) is 3.76. The monoisotopic (exact) mass is 426 g/mol. The van der Waals surface area contributed by atoms with Gasteiger partial charge in [-0.2, -0.15) is 5.10 Å². The van der Waals surface area contributed by atoms with Gasteiger partial charge in [0, 0.05) is 27.4 Å². The lowest BCUT2D eigenvalue weighted by Crippen LogP contribution is -2.33. The number of nitrogens with zero attached hydrogens (tertiary/aromatic N) is 2. The van der Waals surface area contributed by atoms with E-state index in [1.165, 1.54) is 0 Å². The number of hydrazone groups is 1. The van der Waals surface area contributed by atoms with Gasteiger partial charge in [0.05, 0.1) is 16.6 Å². The molecule has 0 saturated carbocycles. The van der Waals surface area contributed by atoms with Crippen molar-refractivity contribution in [3.63, 3.8) is 0 Å². The van der Waals surface area contributed by atoms with Crippen molar-refractivity contribution in [2.75, 3.05) is 0 Å². The summed E-state index contributed by atoms with van der Waals surface area (Å²) in [6, 6.07) is 17.7. The third-order valence-electron chi connectivity index (χ3n) is 4.75. The summed E-state index contributed by atoms with van der Waals surface area (Å²) in [5.41, 5.74) is 2.80.